The molecule has 3 heteroatoms. The van der Waals surface area contributed by atoms with E-state index in [1.165, 1.54) is 11.1 Å². The van der Waals surface area contributed by atoms with Crippen molar-refractivity contribution in [2.24, 2.45) is 0 Å². The maximum atomic E-state index is 12.0. The highest BCUT2D eigenvalue weighted by atomic mass is 16.1. The first kappa shape index (κ1) is 14.8. The Kier molecular flexibility index (Phi) is 3.97. The summed E-state index contributed by atoms with van der Waals surface area (Å²) in [7, 11) is 0. The van der Waals surface area contributed by atoms with E-state index in [1.807, 2.05) is 6.07 Å². The normalized spacial score (nSPS) is 15.3. The number of rotatable bonds is 3. The van der Waals surface area contributed by atoms with Crippen molar-refractivity contribution < 1.29 is 4.79 Å². The number of benzene rings is 1. The van der Waals surface area contributed by atoms with Crippen molar-refractivity contribution in [2.45, 2.75) is 46.1 Å². The van der Waals surface area contributed by atoms with Gasteiger partial charge < -0.3 is 5.32 Å². The fourth-order valence-corrected chi connectivity index (χ4v) is 3.08. The van der Waals surface area contributed by atoms with E-state index in [2.05, 4.69) is 55.3 Å². The molecule has 3 nitrogen and oxygen atoms in total. The number of Topliss-reactive ketones (excluding diaryl/α,β-unsaturated/α-hetero) is 1. The van der Waals surface area contributed by atoms with E-state index in [4.69, 9.17) is 0 Å². The van der Waals surface area contributed by atoms with Crippen LogP contribution in [0.15, 0.2) is 30.3 Å². The monoisotopic (exact) mass is 294 g/mol. The van der Waals surface area contributed by atoms with Crippen molar-refractivity contribution in [3.63, 3.8) is 0 Å². The fourth-order valence-electron chi connectivity index (χ4n) is 3.08. The molecule has 0 saturated heterocycles. The quantitative estimate of drug-likeness (QED) is 0.912. The Balaban J connectivity index is 1.88. The van der Waals surface area contributed by atoms with E-state index in [0.717, 1.165) is 29.8 Å². The van der Waals surface area contributed by atoms with Crippen molar-refractivity contribution in [1.82, 2.24) is 4.98 Å². The van der Waals surface area contributed by atoms with E-state index < -0.39 is 0 Å². The second-order valence-electron chi connectivity index (χ2n) is 6.15. The number of para-hydroxylation sites is 1. The molecule has 2 aromatic rings. The first-order valence-electron chi connectivity index (χ1n) is 7.92. The SMILES string of the molecule is Cc1cccc(C)c1NC(C)c1ccc2c(n1)C(=O)CCC2. The minimum absolute atomic E-state index is 0.0693. The predicted octanol–water partition coefficient (Wildman–Crippen LogP) is 4.39. The Morgan fingerprint density at radius 3 is 2.55 bits per heavy atom. The molecule has 114 valence electrons. The Labute approximate surface area is 131 Å². The number of ketones is 1. The lowest BCUT2D eigenvalue weighted by Gasteiger charge is -2.21. The molecule has 1 aliphatic carbocycles. The highest BCUT2D eigenvalue weighted by Gasteiger charge is 2.20. The minimum Gasteiger partial charge on any atom is -0.377 e. The van der Waals surface area contributed by atoms with Gasteiger partial charge in [-0.15, -0.1) is 0 Å². The van der Waals surface area contributed by atoms with Crippen LogP contribution >= 0.6 is 0 Å². The van der Waals surface area contributed by atoms with Crippen LogP contribution < -0.4 is 5.32 Å². The number of carbonyl (C=O) groups excluding carboxylic acids is 1. The molecule has 1 heterocycles. The molecule has 1 unspecified atom stereocenters. The van der Waals surface area contributed by atoms with Gasteiger partial charge in [-0.3, -0.25) is 4.79 Å². The molecule has 1 aromatic carbocycles. The van der Waals surface area contributed by atoms with E-state index >= 15 is 0 Å². The highest BCUT2D eigenvalue weighted by molar-refractivity contribution is 5.96. The van der Waals surface area contributed by atoms with Crippen LogP contribution in [0.1, 0.15) is 58.7 Å². The Hall–Kier alpha value is -2.16. The number of nitrogens with one attached hydrogen (secondary N) is 1. The summed E-state index contributed by atoms with van der Waals surface area (Å²) >= 11 is 0. The number of fused-ring (bicyclic) bond motifs is 1. The van der Waals surface area contributed by atoms with Crippen molar-refractivity contribution in [1.29, 1.82) is 0 Å². The van der Waals surface area contributed by atoms with Crippen molar-refractivity contribution >= 4 is 11.5 Å². The van der Waals surface area contributed by atoms with Gasteiger partial charge in [-0.25, -0.2) is 4.98 Å². The van der Waals surface area contributed by atoms with Gasteiger partial charge in [0.1, 0.15) is 5.69 Å². The standard InChI is InChI=1S/C19H22N2O/c1-12-6-4-7-13(2)18(12)20-14(3)16-11-10-15-8-5-9-17(22)19(15)21-16/h4,6-7,10-11,14,20H,5,8-9H2,1-3H3. The molecule has 0 aliphatic heterocycles. The molecule has 0 saturated carbocycles. The number of hydrogen-bond acceptors (Lipinski definition) is 3. The third kappa shape index (κ3) is 2.76. The maximum absolute atomic E-state index is 12.0. The lowest BCUT2D eigenvalue weighted by atomic mass is 9.94. The molecule has 3 rings (SSSR count). The zero-order valence-corrected chi connectivity index (χ0v) is 13.4. The molecule has 1 atom stereocenters. The van der Waals surface area contributed by atoms with Gasteiger partial charge in [0.15, 0.2) is 5.78 Å². The summed E-state index contributed by atoms with van der Waals surface area (Å²) in [6.45, 7) is 6.30. The van der Waals surface area contributed by atoms with Crippen LogP contribution in [0.2, 0.25) is 0 Å². The van der Waals surface area contributed by atoms with Crippen molar-refractivity contribution in [2.75, 3.05) is 5.32 Å². The van der Waals surface area contributed by atoms with E-state index in [0.29, 0.717) is 12.1 Å². The average molecular weight is 294 g/mol. The van der Waals surface area contributed by atoms with Crippen LogP contribution in [-0.4, -0.2) is 10.8 Å². The fraction of sp³-hybridized carbons (Fsp3) is 0.368. The van der Waals surface area contributed by atoms with Gasteiger partial charge >= 0.3 is 0 Å². The van der Waals surface area contributed by atoms with Crippen LogP contribution in [0.4, 0.5) is 5.69 Å². The lowest BCUT2D eigenvalue weighted by Crippen LogP contribution is -2.17. The molecule has 0 bridgehead atoms. The van der Waals surface area contributed by atoms with Gasteiger partial charge in [0.2, 0.25) is 0 Å². The van der Waals surface area contributed by atoms with Crippen LogP contribution in [0.3, 0.4) is 0 Å². The Bertz CT molecular complexity index is 701. The van der Waals surface area contributed by atoms with Crippen LogP contribution in [-0.2, 0) is 6.42 Å². The molecule has 1 aliphatic rings. The summed E-state index contributed by atoms with van der Waals surface area (Å²) in [4.78, 5) is 16.7. The number of aryl methyl sites for hydroxylation is 3. The Morgan fingerprint density at radius 2 is 1.82 bits per heavy atom. The highest BCUT2D eigenvalue weighted by Crippen LogP contribution is 2.26. The van der Waals surface area contributed by atoms with Crippen LogP contribution in [0.25, 0.3) is 0 Å². The third-order valence-electron chi connectivity index (χ3n) is 4.40. The van der Waals surface area contributed by atoms with Crippen LogP contribution in [0, 0.1) is 13.8 Å². The van der Waals surface area contributed by atoms with Gasteiger partial charge in [-0.2, -0.15) is 0 Å². The number of pyridine rings is 1. The Morgan fingerprint density at radius 1 is 1.09 bits per heavy atom. The molecular weight excluding hydrogens is 272 g/mol. The van der Waals surface area contributed by atoms with Gasteiger partial charge in [0.05, 0.1) is 11.7 Å². The zero-order valence-electron chi connectivity index (χ0n) is 13.4. The molecule has 0 fully saturated rings. The second kappa shape index (κ2) is 5.91. The minimum atomic E-state index is 0.0693. The molecular formula is C19H22N2O. The van der Waals surface area contributed by atoms with Crippen LogP contribution in [0.5, 0.6) is 0 Å². The number of hydrogen-bond donors (Lipinski definition) is 1. The molecule has 0 spiro atoms. The predicted molar refractivity (Wildman–Crippen MR) is 89.5 cm³/mol. The molecule has 22 heavy (non-hydrogen) atoms. The van der Waals surface area contributed by atoms with Crippen molar-refractivity contribution in [3.05, 3.63) is 58.4 Å². The topological polar surface area (TPSA) is 42.0 Å². The zero-order chi connectivity index (χ0) is 15.7. The number of aromatic nitrogens is 1. The largest absolute Gasteiger partial charge is 0.377 e. The maximum Gasteiger partial charge on any atom is 0.181 e. The first-order valence-corrected chi connectivity index (χ1v) is 7.92. The summed E-state index contributed by atoms with van der Waals surface area (Å²) in [6, 6.07) is 10.5. The van der Waals surface area contributed by atoms with E-state index in [-0.39, 0.29) is 11.8 Å². The van der Waals surface area contributed by atoms with Gasteiger partial charge in [0, 0.05) is 12.1 Å². The average Bonchev–Trinajstić information content (AvgIpc) is 2.51. The summed E-state index contributed by atoms with van der Waals surface area (Å²) < 4.78 is 0. The second-order valence-corrected chi connectivity index (χ2v) is 6.15. The number of anilines is 1. The number of carbonyl (C=O) groups is 1. The van der Waals surface area contributed by atoms with Crippen molar-refractivity contribution in [3.8, 4) is 0 Å². The molecule has 0 radical (unpaired) electrons. The summed E-state index contributed by atoms with van der Waals surface area (Å²) in [5.74, 6) is 0.183. The third-order valence-corrected chi connectivity index (χ3v) is 4.40. The summed E-state index contributed by atoms with van der Waals surface area (Å²) in [5, 5.41) is 3.54. The lowest BCUT2D eigenvalue weighted by molar-refractivity contribution is 0.0967. The first-order chi connectivity index (χ1) is 10.6. The summed E-state index contributed by atoms with van der Waals surface area (Å²) in [5.41, 5.74) is 6.30. The van der Waals surface area contributed by atoms with E-state index in [9.17, 15) is 4.79 Å². The molecule has 1 aromatic heterocycles. The number of nitrogens with zero attached hydrogens (tertiary/aromatic N) is 1. The summed E-state index contributed by atoms with van der Waals surface area (Å²) in [6.07, 6.45) is 2.54. The molecule has 1 N–H and O–H groups in total. The smallest absolute Gasteiger partial charge is 0.181 e. The molecule has 0 amide bonds. The van der Waals surface area contributed by atoms with Gasteiger partial charge in [-0.05, 0) is 56.4 Å². The van der Waals surface area contributed by atoms with E-state index in [1.54, 1.807) is 0 Å². The van der Waals surface area contributed by atoms with Gasteiger partial charge in [0.25, 0.3) is 0 Å². The van der Waals surface area contributed by atoms with Gasteiger partial charge in [-0.1, -0.05) is 24.3 Å².